The maximum atomic E-state index is 12.8. The van der Waals surface area contributed by atoms with Crippen molar-refractivity contribution in [1.82, 2.24) is 5.32 Å². The van der Waals surface area contributed by atoms with Crippen LogP contribution in [0.15, 0.2) is 23.1 Å². The van der Waals surface area contributed by atoms with Crippen LogP contribution >= 0.6 is 24.8 Å². The SMILES string of the molecule is CCC(N)(CC)CNC(=O)c1cc(S(N)(=O)=O)ccc1N1CCOCC1.Cl.Cl. The minimum atomic E-state index is -3.91. The summed E-state index contributed by atoms with van der Waals surface area (Å²) < 4.78 is 28.7. The summed E-state index contributed by atoms with van der Waals surface area (Å²) in [5.41, 5.74) is 6.68. The van der Waals surface area contributed by atoms with E-state index in [1.165, 1.54) is 12.1 Å². The van der Waals surface area contributed by atoms with Gasteiger partial charge in [-0.15, -0.1) is 24.8 Å². The fourth-order valence-electron chi connectivity index (χ4n) is 2.81. The molecule has 0 saturated carbocycles. The lowest BCUT2D eigenvalue weighted by Crippen LogP contribution is -2.49. The molecule has 2 rings (SSSR count). The summed E-state index contributed by atoms with van der Waals surface area (Å²) >= 11 is 0. The van der Waals surface area contributed by atoms with Crippen molar-refractivity contribution >= 4 is 46.4 Å². The highest BCUT2D eigenvalue weighted by Gasteiger charge is 2.25. The molecule has 162 valence electrons. The van der Waals surface area contributed by atoms with Gasteiger partial charge in [0, 0.05) is 30.9 Å². The fourth-order valence-corrected chi connectivity index (χ4v) is 3.35. The molecule has 11 heteroatoms. The molecule has 1 fully saturated rings. The summed E-state index contributed by atoms with van der Waals surface area (Å²) in [5, 5.41) is 8.07. The van der Waals surface area contributed by atoms with Gasteiger partial charge in [-0.1, -0.05) is 13.8 Å². The molecule has 1 heterocycles. The minimum Gasteiger partial charge on any atom is -0.378 e. The number of nitrogens with two attached hydrogens (primary N) is 2. The first-order chi connectivity index (χ1) is 12.2. The number of ether oxygens (including phenoxy) is 1. The van der Waals surface area contributed by atoms with Crippen molar-refractivity contribution in [3.05, 3.63) is 23.8 Å². The van der Waals surface area contributed by atoms with Crippen LogP contribution in [0.2, 0.25) is 0 Å². The number of amides is 1. The Hall–Kier alpha value is -1.10. The van der Waals surface area contributed by atoms with Crippen molar-refractivity contribution in [3.63, 3.8) is 0 Å². The van der Waals surface area contributed by atoms with E-state index in [0.29, 0.717) is 38.5 Å². The molecule has 0 unspecified atom stereocenters. The van der Waals surface area contributed by atoms with Gasteiger partial charge in [-0.2, -0.15) is 0 Å². The molecule has 28 heavy (non-hydrogen) atoms. The van der Waals surface area contributed by atoms with Crippen molar-refractivity contribution in [1.29, 1.82) is 0 Å². The Balaban J connectivity index is 0.00000364. The number of nitrogens with zero attached hydrogens (tertiary/aromatic N) is 1. The average molecular weight is 457 g/mol. The molecule has 0 aliphatic carbocycles. The number of anilines is 1. The highest BCUT2D eigenvalue weighted by Crippen LogP contribution is 2.25. The lowest BCUT2D eigenvalue weighted by atomic mass is 9.94. The van der Waals surface area contributed by atoms with Crippen LogP contribution in [0.25, 0.3) is 0 Å². The van der Waals surface area contributed by atoms with Crippen LogP contribution < -0.4 is 21.1 Å². The van der Waals surface area contributed by atoms with Crippen LogP contribution in [-0.4, -0.2) is 52.7 Å². The molecule has 8 nitrogen and oxygen atoms in total. The van der Waals surface area contributed by atoms with Gasteiger partial charge in [0.1, 0.15) is 0 Å². The third kappa shape index (κ3) is 6.75. The van der Waals surface area contributed by atoms with Crippen LogP contribution in [-0.2, 0) is 14.8 Å². The predicted molar refractivity (Wildman–Crippen MR) is 115 cm³/mol. The summed E-state index contributed by atoms with van der Waals surface area (Å²) in [6.45, 7) is 6.60. The molecular formula is C17H30Cl2N4O4S. The van der Waals surface area contributed by atoms with E-state index >= 15 is 0 Å². The van der Waals surface area contributed by atoms with Crippen LogP contribution in [0.1, 0.15) is 37.0 Å². The lowest BCUT2D eigenvalue weighted by Gasteiger charge is -2.31. The van der Waals surface area contributed by atoms with Crippen LogP contribution in [0.5, 0.6) is 0 Å². The molecule has 0 radical (unpaired) electrons. The number of sulfonamides is 1. The lowest BCUT2D eigenvalue weighted by molar-refractivity contribution is 0.0940. The number of carbonyl (C=O) groups excluding carboxylic acids is 1. The smallest absolute Gasteiger partial charge is 0.253 e. The van der Waals surface area contributed by atoms with E-state index in [9.17, 15) is 13.2 Å². The summed E-state index contributed by atoms with van der Waals surface area (Å²) in [7, 11) is -3.91. The number of benzene rings is 1. The Morgan fingerprint density at radius 1 is 1.21 bits per heavy atom. The quantitative estimate of drug-likeness (QED) is 0.566. The topological polar surface area (TPSA) is 128 Å². The van der Waals surface area contributed by atoms with E-state index in [2.05, 4.69) is 5.32 Å². The standard InChI is InChI=1S/C17H28N4O4S.2ClH/c1-3-17(18,4-2)12-20-16(22)14-11-13(26(19,23)24)5-6-15(14)21-7-9-25-10-8-21;;/h5-6,11H,3-4,7-10,12,18H2,1-2H3,(H,20,22)(H2,19,23,24);2*1H. The van der Waals surface area contributed by atoms with Gasteiger partial charge in [-0.3, -0.25) is 4.79 Å². The van der Waals surface area contributed by atoms with E-state index < -0.39 is 15.6 Å². The molecule has 1 aliphatic heterocycles. The molecule has 1 aliphatic rings. The number of morpholine rings is 1. The number of primary sulfonamides is 1. The number of rotatable bonds is 7. The summed E-state index contributed by atoms with van der Waals surface area (Å²) in [6.07, 6.45) is 1.44. The Morgan fingerprint density at radius 3 is 2.29 bits per heavy atom. The highest BCUT2D eigenvalue weighted by molar-refractivity contribution is 7.89. The molecule has 0 bridgehead atoms. The number of nitrogens with one attached hydrogen (secondary N) is 1. The first kappa shape index (κ1) is 26.9. The average Bonchev–Trinajstić information content (AvgIpc) is 2.65. The molecular weight excluding hydrogens is 427 g/mol. The third-order valence-corrected chi connectivity index (χ3v) is 5.81. The third-order valence-electron chi connectivity index (χ3n) is 4.90. The second-order valence-corrected chi connectivity index (χ2v) is 8.14. The van der Waals surface area contributed by atoms with Crippen LogP contribution in [0.4, 0.5) is 5.69 Å². The maximum absolute atomic E-state index is 12.8. The largest absolute Gasteiger partial charge is 0.378 e. The van der Waals surface area contributed by atoms with E-state index in [-0.39, 0.29) is 41.2 Å². The van der Waals surface area contributed by atoms with Crippen molar-refractivity contribution in [3.8, 4) is 0 Å². The van der Waals surface area contributed by atoms with Gasteiger partial charge in [-0.25, -0.2) is 13.6 Å². The van der Waals surface area contributed by atoms with Gasteiger partial charge < -0.3 is 20.7 Å². The van der Waals surface area contributed by atoms with E-state index in [1.54, 1.807) is 6.07 Å². The van der Waals surface area contributed by atoms with Crippen LogP contribution in [0.3, 0.4) is 0 Å². The van der Waals surface area contributed by atoms with Gasteiger partial charge in [-0.05, 0) is 31.0 Å². The normalized spacial score (nSPS) is 14.6. The zero-order valence-electron chi connectivity index (χ0n) is 16.1. The van der Waals surface area contributed by atoms with Crippen molar-refractivity contribution in [2.45, 2.75) is 37.1 Å². The van der Waals surface area contributed by atoms with Gasteiger partial charge >= 0.3 is 0 Å². The van der Waals surface area contributed by atoms with Gasteiger partial charge in [0.15, 0.2) is 0 Å². The Bertz CT molecular complexity index is 752. The second kappa shape index (κ2) is 11.2. The monoisotopic (exact) mass is 456 g/mol. The first-order valence-corrected chi connectivity index (χ1v) is 10.3. The van der Waals surface area contributed by atoms with Crippen molar-refractivity contribution in [2.75, 3.05) is 37.7 Å². The van der Waals surface area contributed by atoms with E-state index in [0.717, 1.165) is 12.8 Å². The summed E-state index contributed by atoms with van der Waals surface area (Å²) in [5.74, 6) is -0.367. The second-order valence-electron chi connectivity index (χ2n) is 6.58. The van der Waals surface area contributed by atoms with Crippen molar-refractivity contribution in [2.24, 2.45) is 10.9 Å². The Kier molecular flexibility index (Phi) is 10.7. The molecule has 1 amide bonds. The predicted octanol–water partition coefficient (Wildman–Crippen LogP) is 1.26. The van der Waals surface area contributed by atoms with Gasteiger partial charge in [0.2, 0.25) is 10.0 Å². The van der Waals surface area contributed by atoms with Crippen molar-refractivity contribution < 1.29 is 17.9 Å². The number of hydrogen-bond acceptors (Lipinski definition) is 6. The maximum Gasteiger partial charge on any atom is 0.253 e. The minimum absolute atomic E-state index is 0. The molecule has 5 N–H and O–H groups in total. The fraction of sp³-hybridized carbons (Fsp3) is 0.588. The first-order valence-electron chi connectivity index (χ1n) is 8.77. The molecule has 1 aromatic carbocycles. The van der Waals surface area contributed by atoms with Gasteiger partial charge in [0.25, 0.3) is 5.91 Å². The molecule has 0 spiro atoms. The van der Waals surface area contributed by atoms with E-state index in [4.69, 9.17) is 15.6 Å². The molecule has 1 aromatic rings. The molecule has 1 saturated heterocycles. The summed E-state index contributed by atoms with van der Waals surface area (Å²) in [4.78, 5) is 14.7. The van der Waals surface area contributed by atoms with E-state index in [1.807, 2.05) is 18.7 Å². The van der Waals surface area contributed by atoms with Crippen LogP contribution in [0, 0.1) is 0 Å². The number of hydrogen-bond donors (Lipinski definition) is 3. The molecule has 0 aromatic heterocycles. The molecule has 0 atom stereocenters. The number of halogens is 2. The zero-order chi connectivity index (χ0) is 19.4. The van der Waals surface area contributed by atoms with Gasteiger partial charge in [0.05, 0.1) is 23.7 Å². The Labute approximate surface area is 179 Å². The zero-order valence-corrected chi connectivity index (χ0v) is 18.6. The summed E-state index contributed by atoms with van der Waals surface area (Å²) in [6, 6.07) is 4.36. The number of carbonyl (C=O) groups is 1. The highest BCUT2D eigenvalue weighted by atomic mass is 35.5. The Morgan fingerprint density at radius 2 is 1.79 bits per heavy atom.